The first-order valence-corrected chi connectivity index (χ1v) is 36.4. The second-order valence-corrected chi connectivity index (χ2v) is 31.6. The van der Waals surface area contributed by atoms with Crippen molar-refractivity contribution < 1.29 is 57.8 Å². The molecular weight excluding hydrogens is 1180 g/mol. The Morgan fingerprint density at radius 1 is 0.511 bits per heavy atom. The smallest absolute Gasteiger partial charge is 0.246 e. The summed E-state index contributed by atoms with van der Waals surface area (Å²) in [6.45, 7) is 30.2. The zero-order valence-corrected chi connectivity index (χ0v) is 61.7. The summed E-state index contributed by atoms with van der Waals surface area (Å²) in [7, 11) is 16.3. The molecule has 506 valence electrons. The molecule has 8 amide bonds. The van der Waals surface area contributed by atoms with Crippen LogP contribution in [-0.2, 0) is 52.7 Å². The average molecular weight is 1300 g/mol. The first kappa shape index (κ1) is 83.8. The number of Topliss-reactive ketones (excluding diaryl/α,β-unsaturated/α-hetero) is 3. The molecule has 1 fully saturated rings. The van der Waals surface area contributed by atoms with E-state index in [0.29, 0.717) is 6.42 Å². The van der Waals surface area contributed by atoms with Gasteiger partial charge >= 0.3 is 0 Å². The number of aliphatic hydroxyl groups is 1. The summed E-state index contributed by atoms with van der Waals surface area (Å²) in [4.78, 5) is 170. The maximum atomic E-state index is 15.1. The highest BCUT2D eigenvalue weighted by molar-refractivity contribution is 8.33. The SMILES string of the molecule is C/C=C/C[C@@H](C)[C@@H](O)[C@H]1C(=O)N[C@@H](CC)C(=O)N(C)CC(=O)N(C)[C@@H](CC(C)C)C(=O)C[C@@H](C(C)C)C(=O)N(C)[C@@H](CC(C)C)C(=O)C[C@@H](C)C(=O)C[C@H](C)C(=O)N(C)[C@@H](CC(C)C)C(=O)N(C)[C@@H](CC(C)C)C(=O)N(C)[C@@H](C(C)C)C(=O)N1C.PPP. The molecule has 14 atom stereocenters. The van der Waals surface area contributed by atoms with Crippen LogP contribution in [0.1, 0.15) is 175 Å². The molecule has 0 bridgehead atoms. The standard InChI is InChI=1S/C65H114N8O12.H5P3/c1-25-27-28-43(15)58(78)57-59(79)66-47(26-2)62(82)67(18)36-55(77)68(19)48(29-37(3)4)54(76)35-46(41(11)12)61(81)69(20)49(30-38(5)6)53(75)33-44(16)52(74)34-45(17)60(80)70(21)50(31-39(7)8)63(83)71(22)51(32-40(9)10)64(84)72(23)56(42(13)14)65(85)73(57)24;1-3-2/h25,27,37-51,56-58,78H,26,28-36H2,1-24H3,(H,66,79);3H,1-2H2/b27-25+;/t43-,44-,45+,46+,47+,48+,49+,50+,51+,56+,57+,58-;/m1./s1. The highest BCUT2D eigenvalue weighted by Gasteiger charge is 2.46. The monoisotopic (exact) mass is 1300 g/mol. The first-order chi connectivity index (χ1) is 40.6. The van der Waals surface area contributed by atoms with Gasteiger partial charge in [-0.05, 0) is 86.9 Å². The summed E-state index contributed by atoms with van der Waals surface area (Å²) in [5.41, 5.74) is 0. The second-order valence-electron chi connectivity index (χ2n) is 27.2. The number of ketones is 3. The molecule has 1 aliphatic heterocycles. The number of rotatable bonds is 15. The third-order valence-corrected chi connectivity index (χ3v) is 17.0. The molecule has 0 aliphatic carbocycles. The van der Waals surface area contributed by atoms with Crippen LogP contribution in [0.4, 0.5) is 0 Å². The fraction of sp³-hybridized carbons (Fsp3) is 0.800. The zero-order chi connectivity index (χ0) is 68.7. The molecule has 0 aromatic heterocycles. The minimum absolute atomic E-state index is 0.0399. The lowest BCUT2D eigenvalue weighted by molar-refractivity contribution is -0.157. The zero-order valence-electron chi connectivity index (χ0n) is 58.3. The number of nitrogens with one attached hydrogen (secondary N) is 1. The van der Waals surface area contributed by atoms with Crippen LogP contribution in [-0.4, -0.2) is 208 Å². The number of nitrogens with zero attached hydrogens (tertiary/aromatic N) is 7. The van der Waals surface area contributed by atoms with Gasteiger partial charge in [-0.3, -0.25) is 52.7 Å². The van der Waals surface area contributed by atoms with E-state index in [9.17, 15) is 48.3 Å². The molecule has 23 heteroatoms. The number of amides is 8. The van der Waals surface area contributed by atoms with Crippen LogP contribution in [0.25, 0.3) is 0 Å². The predicted octanol–water partition coefficient (Wildman–Crippen LogP) is 7.79. The molecule has 2 N–H and O–H groups in total. The summed E-state index contributed by atoms with van der Waals surface area (Å²) in [6.07, 6.45) is 2.63. The molecule has 0 radical (unpaired) electrons. The van der Waals surface area contributed by atoms with Gasteiger partial charge in [-0.2, -0.15) is 0 Å². The van der Waals surface area contributed by atoms with E-state index in [4.69, 9.17) is 0 Å². The summed E-state index contributed by atoms with van der Waals surface area (Å²) in [6, 6.07) is -8.24. The van der Waals surface area contributed by atoms with Gasteiger partial charge in [0.25, 0.3) is 0 Å². The summed E-state index contributed by atoms with van der Waals surface area (Å²) in [5, 5.41) is 14.9. The lowest BCUT2D eigenvalue weighted by Gasteiger charge is -2.41. The molecule has 0 aromatic carbocycles. The Labute approximate surface area is 536 Å². The van der Waals surface area contributed by atoms with Gasteiger partial charge in [0.1, 0.15) is 36.0 Å². The third kappa shape index (κ3) is 25.1. The molecule has 1 saturated heterocycles. The highest BCUT2D eigenvalue weighted by atomic mass is 32.4. The van der Waals surface area contributed by atoms with E-state index in [2.05, 4.69) is 23.2 Å². The summed E-state index contributed by atoms with van der Waals surface area (Å²) >= 11 is 0. The average Bonchev–Trinajstić information content (AvgIpc) is 2.62. The number of hydrogen-bond acceptors (Lipinski definition) is 12. The van der Waals surface area contributed by atoms with Crippen molar-refractivity contribution in [1.82, 2.24) is 39.6 Å². The topological polar surface area (TPSA) is 243 Å². The minimum atomic E-state index is -1.59. The van der Waals surface area contributed by atoms with Crippen molar-refractivity contribution in [2.75, 3.05) is 55.9 Å². The Balaban J connectivity index is 0.0000247. The number of carbonyl (C=O) groups is 11. The quantitative estimate of drug-likeness (QED) is 0.118. The van der Waals surface area contributed by atoms with Gasteiger partial charge in [0.05, 0.1) is 24.7 Å². The number of allylic oxidation sites excluding steroid dienone is 2. The fourth-order valence-electron chi connectivity index (χ4n) is 11.5. The van der Waals surface area contributed by atoms with Crippen molar-refractivity contribution in [2.45, 2.75) is 224 Å². The van der Waals surface area contributed by atoms with Crippen LogP contribution in [0.15, 0.2) is 12.2 Å². The van der Waals surface area contributed by atoms with E-state index in [-0.39, 0.29) is 98.3 Å². The molecule has 0 saturated carbocycles. The number of aliphatic hydroxyl groups excluding tert-OH is 1. The summed E-state index contributed by atoms with van der Waals surface area (Å²) < 4.78 is 0. The van der Waals surface area contributed by atoms with Gasteiger partial charge in [0.15, 0.2) is 11.6 Å². The molecular formula is C65H119N8O12P3. The van der Waals surface area contributed by atoms with Gasteiger partial charge in [0.2, 0.25) is 47.3 Å². The maximum absolute atomic E-state index is 15.1. The molecule has 88 heavy (non-hydrogen) atoms. The van der Waals surface area contributed by atoms with E-state index >= 15 is 9.59 Å². The molecule has 1 heterocycles. The number of likely N-dealkylation sites (N-methyl/N-ethyl adjacent to an activating group) is 7. The van der Waals surface area contributed by atoms with Gasteiger partial charge in [0, 0.05) is 86.3 Å². The lowest BCUT2D eigenvalue weighted by Crippen LogP contribution is -2.63. The normalized spacial score (nSPS) is 26.5. The highest BCUT2D eigenvalue weighted by Crippen LogP contribution is 2.30. The van der Waals surface area contributed by atoms with E-state index in [1.807, 2.05) is 82.2 Å². The molecule has 2 unspecified atom stereocenters. The largest absolute Gasteiger partial charge is 0.390 e. The van der Waals surface area contributed by atoms with E-state index in [1.165, 1.54) is 73.8 Å². The van der Waals surface area contributed by atoms with Crippen LogP contribution in [0.5, 0.6) is 0 Å². The van der Waals surface area contributed by atoms with Gasteiger partial charge in [-0.15, -0.1) is 17.9 Å². The van der Waals surface area contributed by atoms with E-state index in [0.717, 1.165) is 17.8 Å². The Morgan fingerprint density at radius 3 is 1.34 bits per heavy atom. The maximum Gasteiger partial charge on any atom is 0.246 e. The predicted molar refractivity (Wildman–Crippen MR) is 360 cm³/mol. The fourth-order valence-corrected chi connectivity index (χ4v) is 11.5. The van der Waals surface area contributed by atoms with Crippen molar-refractivity contribution in [3.8, 4) is 0 Å². The van der Waals surface area contributed by atoms with Crippen LogP contribution < -0.4 is 5.32 Å². The van der Waals surface area contributed by atoms with Crippen LogP contribution >= 0.6 is 25.8 Å². The van der Waals surface area contributed by atoms with Gasteiger partial charge in [-0.1, -0.05) is 131 Å². The van der Waals surface area contributed by atoms with Crippen molar-refractivity contribution in [2.24, 2.45) is 59.2 Å². The van der Waals surface area contributed by atoms with Gasteiger partial charge in [-0.25, -0.2) is 0 Å². The molecule has 1 aliphatic rings. The Morgan fingerprint density at radius 2 is 0.909 bits per heavy atom. The van der Waals surface area contributed by atoms with Crippen LogP contribution in [0, 0.1) is 59.2 Å². The Hall–Kier alpha value is -4.24. The third-order valence-electron chi connectivity index (χ3n) is 17.0. The Kier molecular flexibility index (Phi) is 38.0. The van der Waals surface area contributed by atoms with Crippen molar-refractivity contribution in [1.29, 1.82) is 0 Å². The number of hydrogen-bond donors (Lipinski definition) is 2. The number of carbonyl (C=O) groups excluding carboxylic acids is 11. The minimum Gasteiger partial charge on any atom is -0.390 e. The van der Waals surface area contributed by atoms with E-state index in [1.54, 1.807) is 47.6 Å². The second kappa shape index (κ2) is 39.9. The van der Waals surface area contributed by atoms with Crippen LogP contribution in [0.2, 0.25) is 0 Å². The summed E-state index contributed by atoms with van der Waals surface area (Å²) in [5.74, 6) is -10.6. The molecule has 0 spiro atoms. The Bertz CT molecular complexity index is 2350. The molecule has 0 aromatic rings. The van der Waals surface area contributed by atoms with Crippen LogP contribution in [0.3, 0.4) is 0 Å². The van der Waals surface area contributed by atoms with Crippen molar-refractivity contribution in [3.05, 3.63) is 12.2 Å². The van der Waals surface area contributed by atoms with Crippen molar-refractivity contribution >= 4 is 90.4 Å². The first-order valence-electron chi connectivity index (χ1n) is 31.8. The van der Waals surface area contributed by atoms with Crippen molar-refractivity contribution in [3.63, 3.8) is 0 Å². The lowest BCUT2D eigenvalue weighted by atomic mass is 9.84. The van der Waals surface area contributed by atoms with Gasteiger partial charge < -0.3 is 44.7 Å². The van der Waals surface area contributed by atoms with E-state index < -0.39 is 132 Å². The molecule has 20 nitrogen and oxygen atoms in total. The molecule has 1 rings (SSSR count).